The Morgan fingerprint density at radius 3 is 2.58 bits per heavy atom. The second-order valence-corrected chi connectivity index (χ2v) is 5.79. The van der Waals surface area contributed by atoms with Gasteiger partial charge in [0.1, 0.15) is 0 Å². The molecule has 2 nitrogen and oxygen atoms in total. The summed E-state index contributed by atoms with van der Waals surface area (Å²) in [7, 11) is -0.531. The van der Waals surface area contributed by atoms with E-state index in [0.717, 1.165) is 12.8 Å². The molecule has 0 heterocycles. The minimum Gasteiger partial charge on any atom is -0.463 e. The van der Waals surface area contributed by atoms with Crippen molar-refractivity contribution in [2.24, 2.45) is 0 Å². The molecule has 0 fully saturated rings. The van der Waals surface area contributed by atoms with Gasteiger partial charge >= 0.3 is 5.97 Å². The normalized spacial score (nSPS) is 12.7. The minimum atomic E-state index is -0.531. The molecule has 0 aliphatic carbocycles. The van der Waals surface area contributed by atoms with Crippen molar-refractivity contribution in [2.75, 3.05) is 0 Å². The number of rotatable bonds is 5. The van der Waals surface area contributed by atoms with Crippen molar-refractivity contribution in [3.05, 3.63) is 12.7 Å². The number of esters is 1. The van der Waals surface area contributed by atoms with Crippen molar-refractivity contribution in [1.82, 2.24) is 0 Å². The number of hydrogen-bond donors (Lipinski definition) is 0. The van der Waals surface area contributed by atoms with Gasteiger partial charge in [-0.3, -0.25) is 0 Å². The van der Waals surface area contributed by atoms with Crippen molar-refractivity contribution in [2.45, 2.75) is 38.6 Å². The van der Waals surface area contributed by atoms with Crippen LogP contribution in [0.25, 0.3) is 0 Å². The van der Waals surface area contributed by atoms with Gasteiger partial charge < -0.3 is 4.74 Å². The average molecular weight is 185 g/mol. The molecule has 0 spiro atoms. The summed E-state index contributed by atoms with van der Waals surface area (Å²) in [4.78, 5) is 10.9. The second kappa shape index (κ2) is 6.00. The number of carbonyl (C=O) groups is 1. The molecule has 0 saturated carbocycles. The fraction of sp³-hybridized carbons (Fsp3) is 0.667. The molecule has 0 aliphatic rings. The smallest absolute Gasteiger partial charge is 0.330 e. The molecule has 0 aliphatic heterocycles. The average Bonchev–Trinajstić information content (AvgIpc) is 2.03. The molecule has 0 saturated heterocycles. The van der Waals surface area contributed by atoms with Crippen molar-refractivity contribution >= 4 is 14.8 Å². The quantitative estimate of drug-likeness (QED) is 0.373. The van der Waals surface area contributed by atoms with Crippen molar-refractivity contribution < 1.29 is 9.53 Å². The predicted molar refractivity (Wildman–Crippen MR) is 52.5 cm³/mol. The third-order valence-corrected chi connectivity index (χ3v) is 3.31. The van der Waals surface area contributed by atoms with E-state index in [9.17, 15) is 4.79 Å². The lowest BCUT2D eigenvalue weighted by Gasteiger charge is -2.18. The van der Waals surface area contributed by atoms with Gasteiger partial charge in [0.25, 0.3) is 0 Å². The van der Waals surface area contributed by atoms with Crippen LogP contribution in [0.4, 0.5) is 0 Å². The van der Waals surface area contributed by atoms with Gasteiger partial charge in [0.2, 0.25) is 0 Å². The summed E-state index contributed by atoms with van der Waals surface area (Å²) in [6, 6.07) is 0. The molecule has 0 aromatic rings. The van der Waals surface area contributed by atoms with Crippen LogP contribution in [0, 0.1) is 0 Å². The standard InChI is InChI=1S/C9H17O2Si/c1-5-7-9(12(3)4)11-8(10)6-2/h6,9H,2,5,7H2,1,3-4H3. The Labute approximate surface area is 76.2 Å². The fourth-order valence-electron chi connectivity index (χ4n) is 0.916. The maximum Gasteiger partial charge on any atom is 0.330 e. The summed E-state index contributed by atoms with van der Waals surface area (Å²) < 4.78 is 5.19. The third-order valence-electron chi connectivity index (χ3n) is 1.62. The zero-order valence-corrected chi connectivity index (χ0v) is 9.09. The lowest BCUT2D eigenvalue weighted by molar-refractivity contribution is -0.139. The van der Waals surface area contributed by atoms with Gasteiger partial charge in [-0.05, 0) is 6.42 Å². The predicted octanol–water partition coefficient (Wildman–Crippen LogP) is 2.18. The molecule has 0 bridgehead atoms. The maximum atomic E-state index is 10.9. The molecule has 0 rings (SSSR count). The minimum absolute atomic E-state index is 0.144. The molecule has 1 unspecified atom stereocenters. The van der Waals surface area contributed by atoms with Crippen molar-refractivity contribution in [1.29, 1.82) is 0 Å². The molecule has 1 radical (unpaired) electrons. The number of carbonyl (C=O) groups excluding carboxylic acids is 1. The Kier molecular flexibility index (Phi) is 5.71. The fourth-order valence-corrected chi connectivity index (χ4v) is 2.13. The van der Waals surface area contributed by atoms with E-state index in [4.69, 9.17) is 4.74 Å². The molecule has 0 amide bonds. The summed E-state index contributed by atoms with van der Waals surface area (Å²) in [5, 5.41) is 0. The summed E-state index contributed by atoms with van der Waals surface area (Å²) >= 11 is 0. The maximum absolute atomic E-state index is 10.9. The van der Waals surface area contributed by atoms with Gasteiger partial charge in [-0.15, -0.1) is 0 Å². The van der Waals surface area contributed by atoms with Crippen molar-refractivity contribution in [3.63, 3.8) is 0 Å². The van der Waals surface area contributed by atoms with Crippen molar-refractivity contribution in [3.8, 4) is 0 Å². The molecular weight excluding hydrogens is 168 g/mol. The molecule has 1 atom stereocenters. The van der Waals surface area contributed by atoms with Crippen LogP contribution in [-0.4, -0.2) is 20.5 Å². The van der Waals surface area contributed by atoms with E-state index in [2.05, 4.69) is 26.6 Å². The monoisotopic (exact) mass is 185 g/mol. The first-order chi connectivity index (χ1) is 5.61. The van der Waals surface area contributed by atoms with Crippen LogP contribution in [0.5, 0.6) is 0 Å². The molecule has 12 heavy (non-hydrogen) atoms. The van der Waals surface area contributed by atoms with E-state index in [1.807, 2.05) is 0 Å². The zero-order valence-electron chi connectivity index (χ0n) is 8.09. The lowest BCUT2D eigenvalue weighted by atomic mass is 10.3. The first kappa shape index (κ1) is 11.4. The molecule has 0 N–H and O–H groups in total. The van der Waals surface area contributed by atoms with Crippen LogP contribution < -0.4 is 0 Å². The summed E-state index contributed by atoms with van der Waals surface area (Å²) in [5.74, 6) is -0.292. The van der Waals surface area contributed by atoms with Gasteiger partial charge in [-0.2, -0.15) is 0 Å². The number of ether oxygens (including phenoxy) is 1. The zero-order chi connectivity index (χ0) is 9.56. The van der Waals surface area contributed by atoms with Gasteiger partial charge in [0.05, 0.1) is 14.5 Å². The van der Waals surface area contributed by atoms with E-state index in [1.54, 1.807) is 0 Å². The molecule has 0 aromatic carbocycles. The highest BCUT2D eigenvalue weighted by atomic mass is 28.3. The summed E-state index contributed by atoms with van der Waals surface area (Å²) in [6.07, 6.45) is 3.26. The third kappa shape index (κ3) is 4.33. The molecule has 0 aromatic heterocycles. The van der Waals surface area contributed by atoms with E-state index in [-0.39, 0.29) is 11.7 Å². The highest BCUT2D eigenvalue weighted by Crippen LogP contribution is 2.06. The topological polar surface area (TPSA) is 26.3 Å². The van der Waals surface area contributed by atoms with E-state index in [1.165, 1.54) is 6.08 Å². The summed E-state index contributed by atoms with van der Waals surface area (Å²) in [6.45, 7) is 9.77. The van der Waals surface area contributed by atoms with Crippen LogP contribution in [0.3, 0.4) is 0 Å². The van der Waals surface area contributed by atoms with E-state index < -0.39 is 8.80 Å². The van der Waals surface area contributed by atoms with E-state index in [0.29, 0.717) is 0 Å². The van der Waals surface area contributed by atoms with Crippen LogP contribution >= 0.6 is 0 Å². The Morgan fingerprint density at radius 1 is 1.67 bits per heavy atom. The largest absolute Gasteiger partial charge is 0.463 e. The van der Waals surface area contributed by atoms with Gasteiger partial charge in [-0.1, -0.05) is 33.0 Å². The highest BCUT2D eigenvalue weighted by Gasteiger charge is 2.16. The Balaban J connectivity index is 3.94. The van der Waals surface area contributed by atoms with Crippen LogP contribution in [0.15, 0.2) is 12.7 Å². The van der Waals surface area contributed by atoms with Crippen LogP contribution in [-0.2, 0) is 9.53 Å². The Morgan fingerprint density at radius 2 is 2.25 bits per heavy atom. The van der Waals surface area contributed by atoms with Gasteiger partial charge in [0.15, 0.2) is 0 Å². The number of hydrogen-bond acceptors (Lipinski definition) is 2. The van der Waals surface area contributed by atoms with E-state index >= 15 is 0 Å². The molecular formula is C9H17O2Si. The van der Waals surface area contributed by atoms with Crippen LogP contribution in [0.1, 0.15) is 19.8 Å². The molecule has 69 valence electrons. The summed E-state index contributed by atoms with van der Waals surface area (Å²) in [5.41, 5.74) is 0.144. The second-order valence-electron chi connectivity index (χ2n) is 3.00. The molecule has 3 heteroatoms. The van der Waals surface area contributed by atoms with Gasteiger partial charge in [-0.25, -0.2) is 4.79 Å². The van der Waals surface area contributed by atoms with Crippen LogP contribution in [0.2, 0.25) is 13.1 Å². The first-order valence-electron chi connectivity index (χ1n) is 4.24. The Bertz CT molecular complexity index is 155. The SMILES string of the molecule is C=CC(=O)OC(CCC)[Si](C)C. The highest BCUT2D eigenvalue weighted by molar-refractivity contribution is 6.57. The Hall–Kier alpha value is -0.573. The lowest BCUT2D eigenvalue weighted by Crippen LogP contribution is -2.29. The van der Waals surface area contributed by atoms with Gasteiger partial charge in [0, 0.05) is 6.08 Å². The first-order valence-corrected chi connectivity index (χ1v) is 6.82.